The van der Waals surface area contributed by atoms with Crippen molar-refractivity contribution in [2.24, 2.45) is 0 Å². The van der Waals surface area contributed by atoms with Crippen molar-refractivity contribution in [3.63, 3.8) is 0 Å². The summed E-state index contributed by atoms with van der Waals surface area (Å²) in [6.45, 7) is 2.16. The summed E-state index contributed by atoms with van der Waals surface area (Å²) in [6.07, 6.45) is 5.53. The Kier molecular flexibility index (Phi) is 3.43. The summed E-state index contributed by atoms with van der Waals surface area (Å²) < 4.78 is 0. The number of fused-ring (bicyclic) bond motifs is 1. The number of carboxylic acids is 1. The van der Waals surface area contributed by atoms with Crippen molar-refractivity contribution in [3.05, 3.63) is 41.1 Å². The number of aromatic nitrogens is 1. The zero-order valence-electron chi connectivity index (χ0n) is 11.7. The minimum Gasteiger partial charge on any atom is -0.478 e. The van der Waals surface area contributed by atoms with Crippen LogP contribution < -0.4 is 0 Å². The summed E-state index contributed by atoms with van der Waals surface area (Å²) in [5, 5.41) is 10.2. The van der Waals surface area contributed by atoms with E-state index in [0.717, 1.165) is 48.7 Å². The quantitative estimate of drug-likeness (QED) is 0.887. The third-order valence-corrected chi connectivity index (χ3v) is 3.94. The van der Waals surface area contributed by atoms with Gasteiger partial charge in [0.15, 0.2) is 0 Å². The molecule has 0 aliphatic heterocycles. The van der Waals surface area contributed by atoms with E-state index in [4.69, 9.17) is 0 Å². The molecule has 0 unspecified atom stereocenters. The molecule has 104 valence electrons. The molecule has 2 aromatic rings. The maximum Gasteiger partial charge on any atom is 0.336 e. The second kappa shape index (κ2) is 5.23. The minimum atomic E-state index is -0.855. The SMILES string of the molecule is CCCCc1ccc2nc(C3CC3)cc(C(=O)O)c2c1. The highest BCUT2D eigenvalue weighted by Gasteiger charge is 2.26. The Morgan fingerprint density at radius 2 is 2.15 bits per heavy atom. The molecule has 1 fully saturated rings. The van der Waals surface area contributed by atoms with Crippen molar-refractivity contribution in [3.8, 4) is 0 Å². The van der Waals surface area contributed by atoms with Crippen molar-refractivity contribution < 1.29 is 9.90 Å². The molecule has 0 atom stereocenters. The van der Waals surface area contributed by atoms with Gasteiger partial charge in [-0.05, 0) is 49.4 Å². The smallest absolute Gasteiger partial charge is 0.336 e. The van der Waals surface area contributed by atoms with Crippen LogP contribution in [0.3, 0.4) is 0 Å². The summed E-state index contributed by atoms with van der Waals surface area (Å²) >= 11 is 0. The van der Waals surface area contributed by atoms with E-state index in [1.54, 1.807) is 6.07 Å². The van der Waals surface area contributed by atoms with Crippen LogP contribution in [-0.4, -0.2) is 16.1 Å². The second-order valence-corrected chi connectivity index (χ2v) is 5.63. The molecular weight excluding hydrogens is 250 g/mol. The predicted octanol–water partition coefficient (Wildman–Crippen LogP) is 4.15. The van der Waals surface area contributed by atoms with Gasteiger partial charge in [0, 0.05) is 17.0 Å². The van der Waals surface area contributed by atoms with E-state index in [0.29, 0.717) is 11.5 Å². The number of aryl methyl sites for hydroxylation is 1. The van der Waals surface area contributed by atoms with Gasteiger partial charge in [-0.25, -0.2) is 4.79 Å². The van der Waals surface area contributed by atoms with Crippen molar-refractivity contribution >= 4 is 16.9 Å². The minimum absolute atomic E-state index is 0.398. The van der Waals surface area contributed by atoms with Gasteiger partial charge in [0.25, 0.3) is 0 Å². The fraction of sp³-hybridized carbons (Fsp3) is 0.412. The molecule has 1 heterocycles. The summed E-state index contributed by atoms with van der Waals surface area (Å²) in [5.41, 5.74) is 3.35. The second-order valence-electron chi connectivity index (χ2n) is 5.63. The molecular formula is C17H19NO2. The first-order valence-electron chi connectivity index (χ1n) is 7.36. The number of pyridine rings is 1. The largest absolute Gasteiger partial charge is 0.478 e. The average molecular weight is 269 g/mol. The van der Waals surface area contributed by atoms with E-state index in [2.05, 4.69) is 18.0 Å². The van der Waals surface area contributed by atoms with Gasteiger partial charge in [0.2, 0.25) is 0 Å². The molecule has 20 heavy (non-hydrogen) atoms. The summed E-state index contributed by atoms with van der Waals surface area (Å²) in [5.74, 6) is -0.385. The van der Waals surface area contributed by atoms with Crippen LogP contribution in [0, 0.1) is 0 Å². The molecule has 0 radical (unpaired) electrons. The van der Waals surface area contributed by atoms with Crippen LogP contribution in [0.1, 0.15) is 60.1 Å². The molecule has 1 saturated carbocycles. The zero-order chi connectivity index (χ0) is 14.1. The molecule has 1 aromatic heterocycles. The Morgan fingerprint density at radius 1 is 1.35 bits per heavy atom. The van der Waals surface area contributed by atoms with E-state index in [-0.39, 0.29) is 0 Å². The Bertz CT molecular complexity index is 659. The predicted molar refractivity (Wildman–Crippen MR) is 79.3 cm³/mol. The molecule has 0 saturated heterocycles. The van der Waals surface area contributed by atoms with E-state index in [1.807, 2.05) is 12.1 Å². The number of rotatable bonds is 5. The van der Waals surface area contributed by atoms with Crippen molar-refractivity contribution in [1.29, 1.82) is 0 Å². The van der Waals surface area contributed by atoms with Crippen molar-refractivity contribution in [1.82, 2.24) is 4.98 Å². The fourth-order valence-electron chi connectivity index (χ4n) is 2.59. The number of hydrogen-bond acceptors (Lipinski definition) is 2. The summed E-state index contributed by atoms with van der Waals surface area (Å²) in [4.78, 5) is 16.1. The molecule has 1 aromatic carbocycles. The highest BCUT2D eigenvalue weighted by atomic mass is 16.4. The lowest BCUT2D eigenvalue weighted by Crippen LogP contribution is -2.02. The van der Waals surface area contributed by atoms with Crippen LogP contribution in [0.25, 0.3) is 10.9 Å². The van der Waals surface area contributed by atoms with Gasteiger partial charge in [-0.15, -0.1) is 0 Å². The lowest BCUT2D eigenvalue weighted by Gasteiger charge is -2.08. The first kappa shape index (κ1) is 13.1. The van der Waals surface area contributed by atoms with Crippen molar-refractivity contribution in [2.45, 2.75) is 44.9 Å². The number of hydrogen-bond donors (Lipinski definition) is 1. The number of aromatic carboxylic acids is 1. The van der Waals surface area contributed by atoms with Crippen LogP contribution in [0.4, 0.5) is 0 Å². The molecule has 3 rings (SSSR count). The number of carbonyl (C=O) groups is 1. The van der Waals surface area contributed by atoms with E-state index >= 15 is 0 Å². The highest BCUT2D eigenvalue weighted by Crippen LogP contribution is 2.40. The topological polar surface area (TPSA) is 50.2 Å². The maximum absolute atomic E-state index is 11.5. The van der Waals surface area contributed by atoms with Gasteiger partial charge in [0.05, 0.1) is 11.1 Å². The van der Waals surface area contributed by atoms with Crippen LogP contribution in [0.5, 0.6) is 0 Å². The van der Waals surface area contributed by atoms with Gasteiger partial charge >= 0.3 is 5.97 Å². The lowest BCUT2D eigenvalue weighted by molar-refractivity contribution is 0.0699. The number of nitrogens with zero attached hydrogens (tertiary/aromatic N) is 1. The van der Waals surface area contributed by atoms with Crippen LogP contribution >= 0.6 is 0 Å². The Labute approximate surface area is 118 Å². The normalized spacial score (nSPS) is 14.7. The number of unbranched alkanes of at least 4 members (excludes halogenated alkanes) is 1. The molecule has 1 N–H and O–H groups in total. The van der Waals surface area contributed by atoms with E-state index < -0.39 is 5.97 Å². The molecule has 0 amide bonds. The first-order chi connectivity index (χ1) is 9.69. The Hall–Kier alpha value is -1.90. The molecule has 3 nitrogen and oxygen atoms in total. The van der Waals surface area contributed by atoms with Gasteiger partial charge < -0.3 is 5.11 Å². The van der Waals surface area contributed by atoms with Crippen LogP contribution in [0.2, 0.25) is 0 Å². The lowest BCUT2D eigenvalue weighted by atomic mass is 10.0. The number of carboxylic acid groups (broad SMARTS) is 1. The monoisotopic (exact) mass is 269 g/mol. The zero-order valence-corrected chi connectivity index (χ0v) is 11.7. The van der Waals surface area contributed by atoms with Gasteiger partial charge in [-0.2, -0.15) is 0 Å². The summed E-state index contributed by atoms with van der Waals surface area (Å²) in [7, 11) is 0. The number of benzene rings is 1. The molecule has 0 bridgehead atoms. The molecule has 3 heteroatoms. The van der Waals surface area contributed by atoms with E-state index in [9.17, 15) is 9.90 Å². The van der Waals surface area contributed by atoms with Crippen LogP contribution in [-0.2, 0) is 6.42 Å². The molecule has 1 aliphatic carbocycles. The third kappa shape index (κ3) is 2.53. The summed E-state index contributed by atoms with van der Waals surface area (Å²) in [6, 6.07) is 7.82. The highest BCUT2D eigenvalue weighted by molar-refractivity contribution is 6.02. The van der Waals surface area contributed by atoms with Gasteiger partial charge in [-0.3, -0.25) is 4.98 Å². The Morgan fingerprint density at radius 3 is 2.80 bits per heavy atom. The maximum atomic E-state index is 11.5. The first-order valence-corrected chi connectivity index (χ1v) is 7.36. The average Bonchev–Trinajstić information content (AvgIpc) is 3.28. The standard InChI is InChI=1S/C17H19NO2/c1-2-3-4-11-5-8-15-13(9-11)14(17(19)20)10-16(18-15)12-6-7-12/h5,8-10,12H,2-4,6-7H2,1H3,(H,19,20). The third-order valence-electron chi connectivity index (χ3n) is 3.94. The fourth-order valence-corrected chi connectivity index (χ4v) is 2.59. The van der Waals surface area contributed by atoms with Crippen LogP contribution in [0.15, 0.2) is 24.3 Å². The van der Waals surface area contributed by atoms with Crippen molar-refractivity contribution in [2.75, 3.05) is 0 Å². The van der Waals surface area contributed by atoms with E-state index in [1.165, 1.54) is 5.56 Å². The Balaban J connectivity index is 2.09. The molecule has 1 aliphatic rings. The molecule has 0 spiro atoms. The van der Waals surface area contributed by atoms with Gasteiger partial charge in [0.1, 0.15) is 0 Å². The van der Waals surface area contributed by atoms with Gasteiger partial charge in [-0.1, -0.05) is 19.4 Å².